The van der Waals surface area contributed by atoms with E-state index in [-0.39, 0.29) is 39.0 Å². The van der Waals surface area contributed by atoms with Gasteiger partial charge in [-0.3, -0.25) is 4.55 Å². The van der Waals surface area contributed by atoms with Gasteiger partial charge in [0, 0.05) is 9.79 Å². The van der Waals surface area contributed by atoms with E-state index in [0.29, 0.717) is 16.0 Å². The number of thiol groups is 2. The number of hydrogen-bond donors (Lipinski definition) is 3. The predicted octanol–water partition coefficient (Wildman–Crippen LogP) is 4.46. The minimum atomic E-state index is -4.39. The molecule has 7 nitrogen and oxygen atoms in total. The lowest BCUT2D eigenvalue weighted by Gasteiger charge is -2.19. The van der Waals surface area contributed by atoms with Crippen LogP contribution in [0.4, 0.5) is 0 Å². The zero-order valence-electron chi connectivity index (χ0n) is 17.1. The number of ether oxygens (including phenoxy) is 2. The molecule has 0 fully saturated rings. The summed E-state index contributed by atoms with van der Waals surface area (Å²) in [6.45, 7) is 1.84. The topological polar surface area (TPSA) is 107 Å². The standard InChI is InChI=1S/C22H20O7S3/c1-12-3-6-16(20(9-12)32(25,26)27)15-8-5-14(11-19(15)31)29-22(24)17-7-4-13(10-18(17)30)21(23)28-2/h3-8,10-12,30-31H,9H2,1-2H3,(H,25,26,27). The van der Waals surface area contributed by atoms with Crippen LogP contribution >= 0.6 is 25.3 Å². The van der Waals surface area contributed by atoms with E-state index in [1.807, 2.05) is 13.0 Å². The molecular weight excluding hydrogens is 472 g/mol. The average molecular weight is 493 g/mol. The number of allylic oxidation sites excluding steroid dienone is 4. The van der Waals surface area contributed by atoms with Gasteiger partial charge in [-0.15, -0.1) is 25.3 Å². The van der Waals surface area contributed by atoms with Crippen molar-refractivity contribution in [2.75, 3.05) is 7.11 Å². The summed E-state index contributed by atoms with van der Waals surface area (Å²) >= 11 is 8.65. The first-order valence-electron chi connectivity index (χ1n) is 9.37. The maximum Gasteiger partial charge on any atom is 0.344 e. The second-order valence-corrected chi connectivity index (χ2v) is 9.55. The lowest BCUT2D eigenvalue weighted by Crippen LogP contribution is -2.12. The quantitative estimate of drug-likeness (QED) is 0.245. The summed E-state index contributed by atoms with van der Waals surface area (Å²) in [4.78, 5) is 24.7. The van der Waals surface area contributed by atoms with E-state index in [0.717, 1.165) is 0 Å². The number of hydrogen-bond acceptors (Lipinski definition) is 8. The molecule has 0 saturated heterocycles. The van der Waals surface area contributed by atoms with Crippen LogP contribution in [0.3, 0.4) is 0 Å². The Morgan fingerprint density at radius 2 is 1.78 bits per heavy atom. The molecule has 1 atom stereocenters. The van der Waals surface area contributed by atoms with Crippen molar-refractivity contribution in [2.24, 2.45) is 5.92 Å². The first-order chi connectivity index (χ1) is 15.0. The molecule has 2 aromatic carbocycles. The molecule has 0 amide bonds. The largest absolute Gasteiger partial charge is 0.465 e. The van der Waals surface area contributed by atoms with Crippen LogP contribution in [-0.4, -0.2) is 32.0 Å². The van der Waals surface area contributed by atoms with Crippen molar-refractivity contribution in [1.29, 1.82) is 0 Å². The van der Waals surface area contributed by atoms with Gasteiger partial charge in [-0.2, -0.15) is 8.42 Å². The molecule has 0 aromatic heterocycles. The van der Waals surface area contributed by atoms with E-state index in [9.17, 15) is 22.6 Å². The zero-order chi connectivity index (χ0) is 23.6. The van der Waals surface area contributed by atoms with E-state index in [4.69, 9.17) is 4.74 Å². The third kappa shape index (κ3) is 5.26. The van der Waals surface area contributed by atoms with Crippen molar-refractivity contribution >= 4 is 52.9 Å². The Balaban J connectivity index is 1.88. The predicted molar refractivity (Wildman–Crippen MR) is 125 cm³/mol. The fourth-order valence-corrected chi connectivity index (χ4v) is 4.78. The summed E-state index contributed by atoms with van der Waals surface area (Å²) in [6, 6.07) is 8.76. The summed E-state index contributed by atoms with van der Waals surface area (Å²) in [7, 11) is -3.14. The highest BCUT2D eigenvalue weighted by atomic mass is 32.2. The van der Waals surface area contributed by atoms with E-state index in [1.165, 1.54) is 37.4 Å². The lowest BCUT2D eigenvalue weighted by atomic mass is 9.94. The zero-order valence-corrected chi connectivity index (χ0v) is 19.7. The molecule has 0 aliphatic heterocycles. The van der Waals surface area contributed by atoms with Gasteiger partial charge < -0.3 is 9.47 Å². The van der Waals surface area contributed by atoms with E-state index >= 15 is 0 Å². The molecular formula is C22H20O7S3. The van der Waals surface area contributed by atoms with Gasteiger partial charge in [-0.1, -0.05) is 19.1 Å². The number of carbonyl (C=O) groups is 2. The van der Waals surface area contributed by atoms with Crippen LogP contribution < -0.4 is 4.74 Å². The molecule has 10 heteroatoms. The summed E-state index contributed by atoms with van der Waals surface area (Å²) in [5, 5.41) is 0. The van der Waals surface area contributed by atoms with Crippen LogP contribution in [0.1, 0.15) is 39.6 Å². The molecule has 168 valence electrons. The number of benzene rings is 2. The van der Waals surface area contributed by atoms with Crippen LogP contribution in [0.2, 0.25) is 0 Å². The van der Waals surface area contributed by atoms with Gasteiger partial charge in [0.15, 0.2) is 0 Å². The monoisotopic (exact) mass is 492 g/mol. The molecule has 32 heavy (non-hydrogen) atoms. The van der Waals surface area contributed by atoms with Crippen LogP contribution in [0, 0.1) is 5.92 Å². The summed E-state index contributed by atoms with van der Waals surface area (Å²) in [5.41, 5.74) is 1.20. The molecule has 2 aromatic rings. The molecule has 0 heterocycles. The maximum absolute atomic E-state index is 12.6. The summed E-state index contributed by atoms with van der Waals surface area (Å²) in [6.07, 6.45) is 3.65. The Morgan fingerprint density at radius 1 is 1.06 bits per heavy atom. The second-order valence-electron chi connectivity index (χ2n) is 7.14. The van der Waals surface area contributed by atoms with Crippen molar-refractivity contribution in [3.63, 3.8) is 0 Å². The normalized spacial score (nSPS) is 16.1. The lowest BCUT2D eigenvalue weighted by molar-refractivity contribution is 0.0598. The third-order valence-electron chi connectivity index (χ3n) is 4.82. The maximum atomic E-state index is 12.6. The molecule has 0 bridgehead atoms. The number of esters is 2. The van der Waals surface area contributed by atoms with Crippen molar-refractivity contribution < 1.29 is 32.0 Å². The van der Waals surface area contributed by atoms with Crippen molar-refractivity contribution in [3.8, 4) is 5.75 Å². The fraction of sp³-hybridized carbons (Fsp3) is 0.182. The van der Waals surface area contributed by atoms with E-state index < -0.39 is 22.1 Å². The Labute approximate surface area is 196 Å². The Hall–Kier alpha value is -2.53. The van der Waals surface area contributed by atoms with Gasteiger partial charge in [0.2, 0.25) is 0 Å². The highest BCUT2D eigenvalue weighted by molar-refractivity contribution is 7.90. The van der Waals surface area contributed by atoms with Gasteiger partial charge in [0.1, 0.15) is 5.75 Å². The SMILES string of the molecule is COC(=O)c1ccc(C(=O)Oc2ccc(C3=C(S(=O)(=O)O)CC(C)C=C3)c(S)c2)c(S)c1. The van der Waals surface area contributed by atoms with Crippen molar-refractivity contribution in [2.45, 2.75) is 23.1 Å². The first kappa shape index (κ1) is 24.1. The Morgan fingerprint density at radius 3 is 2.38 bits per heavy atom. The smallest absolute Gasteiger partial charge is 0.344 e. The summed E-state index contributed by atoms with van der Waals surface area (Å²) < 4.78 is 43.3. The van der Waals surface area contributed by atoms with Gasteiger partial charge in [-0.05, 0) is 59.9 Å². The minimum absolute atomic E-state index is 0.0414. The first-order valence-corrected chi connectivity index (χ1v) is 11.7. The molecule has 0 spiro atoms. The van der Waals surface area contributed by atoms with Crippen molar-refractivity contribution in [3.05, 3.63) is 70.1 Å². The molecule has 1 aliphatic carbocycles. The van der Waals surface area contributed by atoms with Gasteiger partial charge >= 0.3 is 11.9 Å². The van der Waals surface area contributed by atoms with Crippen LogP contribution in [0.15, 0.2) is 63.2 Å². The molecule has 3 rings (SSSR count). The second kappa shape index (κ2) is 9.53. The molecule has 1 unspecified atom stereocenters. The molecule has 1 N–H and O–H groups in total. The van der Waals surface area contributed by atoms with E-state index in [2.05, 4.69) is 30.0 Å². The average Bonchev–Trinajstić information content (AvgIpc) is 2.72. The van der Waals surface area contributed by atoms with Crippen LogP contribution in [0.25, 0.3) is 5.57 Å². The van der Waals surface area contributed by atoms with Gasteiger partial charge in [0.25, 0.3) is 10.1 Å². The third-order valence-corrected chi connectivity index (χ3v) is 6.57. The van der Waals surface area contributed by atoms with E-state index in [1.54, 1.807) is 12.1 Å². The van der Waals surface area contributed by atoms with Crippen LogP contribution in [0.5, 0.6) is 5.75 Å². The Bertz CT molecular complexity index is 1260. The molecule has 0 saturated carbocycles. The molecule has 0 radical (unpaired) electrons. The Kier molecular flexibility index (Phi) is 7.19. The van der Waals surface area contributed by atoms with Gasteiger partial charge in [0.05, 0.1) is 23.1 Å². The van der Waals surface area contributed by atoms with Gasteiger partial charge in [-0.25, -0.2) is 9.59 Å². The van der Waals surface area contributed by atoms with Crippen LogP contribution in [-0.2, 0) is 14.9 Å². The fourth-order valence-electron chi connectivity index (χ4n) is 3.22. The number of methoxy groups -OCH3 is 1. The number of rotatable bonds is 5. The highest BCUT2D eigenvalue weighted by Crippen LogP contribution is 2.37. The summed E-state index contributed by atoms with van der Waals surface area (Å²) in [5.74, 6) is -1.12. The highest BCUT2D eigenvalue weighted by Gasteiger charge is 2.25. The van der Waals surface area contributed by atoms with Crippen molar-refractivity contribution in [1.82, 2.24) is 0 Å². The number of carbonyl (C=O) groups excluding carboxylic acids is 2. The molecule has 1 aliphatic rings. The minimum Gasteiger partial charge on any atom is -0.465 e.